The molecule has 1 N–H and O–H groups in total. The highest BCUT2D eigenvalue weighted by molar-refractivity contribution is 5.10. The molecule has 1 aromatic rings. The van der Waals surface area contributed by atoms with E-state index in [-0.39, 0.29) is 0 Å². The third-order valence-electron chi connectivity index (χ3n) is 1.99. The lowest BCUT2D eigenvalue weighted by molar-refractivity contribution is 0.504. The zero-order valence-corrected chi connectivity index (χ0v) is 7.84. The SMILES string of the molecule is CCCNC(CC)c1ccoc1. The van der Waals surface area contributed by atoms with Crippen LogP contribution in [0.1, 0.15) is 38.3 Å². The number of rotatable bonds is 5. The summed E-state index contributed by atoms with van der Waals surface area (Å²) in [6.07, 6.45) is 5.83. The molecule has 1 rings (SSSR count). The topological polar surface area (TPSA) is 25.2 Å². The molecule has 0 aliphatic heterocycles. The van der Waals surface area contributed by atoms with Crippen molar-refractivity contribution in [3.63, 3.8) is 0 Å². The summed E-state index contributed by atoms with van der Waals surface area (Å²) in [4.78, 5) is 0. The summed E-state index contributed by atoms with van der Waals surface area (Å²) >= 11 is 0. The van der Waals surface area contributed by atoms with Crippen LogP contribution in [0.25, 0.3) is 0 Å². The Balaban J connectivity index is 2.45. The first kappa shape index (κ1) is 9.33. The maximum Gasteiger partial charge on any atom is 0.0950 e. The Hall–Kier alpha value is -0.760. The molecule has 1 unspecified atom stereocenters. The zero-order chi connectivity index (χ0) is 8.81. The van der Waals surface area contributed by atoms with Crippen molar-refractivity contribution in [1.82, 2.24) is 5.32 Å². The van der Waals surface area contributed by atoms with Gasteiger partial charge in [-0.3, -0.25) is 0 Å². The summed E-state index contributed by atoms with van der Waals surface area (Å²) in [6, 6.07) is 2.49. The van der Waals surface area contributed by atoms with Crippen molar-refractivity contribution in [2.75, 3.05) is 6.54 Å². The van der Waals surface area contributed by atoms with Gasteiger partial charge in [-0.25, -0.2) is 0 Å². The fraction of sp³-hybridized carbons (Fsp3) is 0.600. The first-order valence-electron chi connectivity index (χ1n) is 4.64. The minimum absolute atomic E-state index is 0.462. The van der Waals surface area contributed by atoms with E-state index in [1.807, 2.05) is 12.3 Å². The van der Waals surface area contributed by atoms with Crippen LogP contribution in [0.15, 0.2) is 23.0 Å². The van der Waals surface area contributed by atoms with Crippen molar-refractivity contribution in [3.05, 3.63) is 24.2 Å². The molecule has 1 heterocycles. The maximum absolute atomic E-state index is 5.04. The third kappa shape index (κ3) is 2.38. The Morgan fingerprint density at radius 1 is 1.50 bits per heavy atom. The monoisotopic (exact) mass is 167 g/mol. The molecule has 0 aliphatic carbocycles. The van der Waals surface area contributed by atoms with Gasteiger partial charge < -0.3 is 9.73 Å². The van der Waals surface area contributed by atoms with E-state index in [9.17, 15) is 0 Å². The molecule has 68 valence electrons. The quantitative estimate of drug-likeness (QED) is 0.729. The molecule has 2 nitrogen and oxygen atoms in total. The number of furan rings is 1. The Bertz CT molecular complexity index is 194. The van der Waals surface area contributed by atoms with Crippen LogP contribution in [-0.2, 0) is 0 Å². The first-order valence-corrected chi connectivity index (χ1v) is 4.64. The molecule has 0 bridgehead atoms. The van der Waals surface area contributed by atoms with Crippen LogP contribution in [0.4, 0.5) is 0 Å². The zero-order valence-electron chi connectivity index (χ0n) is 7.84. The first-order chi connectivity index (χ1) is 5.88. The molecule has 0 fully saturated rings. The van der Waals surface area contributed by atoms with E-state index in [0.29, 0.717) is 6.04 Å². The van der Waals surface area contributed by atoms with Crippen molar-refractivity contribution < 1.29 is 4.42 Å². The van der Waals surface area contributed by atoms with Crippen molar-refractivity contribution >= 4 is 0 Å². The van der Waals surface area contributed by atoms with Crippen molar-refractivity contribution in [3.8, 4) is 0 Å². The Morgan fingerprint density at radius 3 is 2.83 bits per heavy atom. The van der Waals surface area contributed by atoms with E-state index in [0.717, 1.165) is 13.0 Å². The van der Waals surface area contributed by atoms with Gasteiger partial charge in [0.2, 0.25) is 0 Å². The maximum atomic E-state index is 5.04. The van der Waals surface area contributed by atoms with E-state index in [4.69, 9.17) is 4.42 Å². The van der Waals surface area contributed by atoms with Crippen molar-refractivity contribution in [2.24, 2.45) is 0 Å². The molecule has 0 radical (unpaired) electrons. The van der Waals surface area contributed by atoms with Gasteiger partial charge >= 0.3 is 0 Å². The third-order valence-corrected chi connectivity index (χ3v) is 1.99. The molecular formula is C10H17NO. The molecule has 2 heteroatoms. The van der Waals surface area contributed by atoms with Crippen LogP contribution in [0, 0.1) is 0 Å². The molecule has 0 saturated heterocycles. The van der Waals surface area contributed by atoms with Crippen molar-refractivity contribution in [1.29, 1.82) is 0 Å². The lowest BCUT2D eigenvalue weighted by atomic mass is 10.1. The van der Waals surface area contributed by atoms with E-state index >= 15 is 0 Å². The predicted octanol–water partition coefficient (Wildman–Crippen LogP) is 2.73. The van der Waals surface area contributed by atoms with Gasteiger partial charge in [0.1, 0.15) is 0 Å². The average molecular weight is 167 g/mol. The van der Waals surface area contributed by atoms with Crippen LogP contribution in [0.2, 0.25) is 0 Å². The van der Waals surface area contributed by atoms with E-state index in [1.54, 1.807) is 6.26 Å². The van der Waals surface area contributed by atoms with Crippen LogP contribution in [0.5, 0.6) is 0 Å². The van der Waals surface area contributed by atoms with Gasteiger partial charge in [0.05, 0.1) is 12.5 Å². The minimum atomic E-state index is 0.462. The summed E-state index contributed by atoms with van der Waals surface area (Å²) in [7, 11) is 0. The van der Waals surface area contributed by atoms with Crippen LogP contribution in [0.3, 0.4) is 0 Å². The Labute approximate surface area is 74.0 Å². The van der Waals surface area contributed by atoms with E-state index in [1.165, 1.54) is 12.0 Å². The summed E-state index contributed by atoms with van der Waals surface area (Å²) in [5.74, 6) is 0. The normalized spacial score (nSPS) is 13.2. The van der Waals surface area contributed by atoms with Gasteiger partial charge in [0, 0.05) is 11.6 Å². The van der Waals surface area contributed by atoms with Gasteiger partial charge in [0.25, 0.3) is 0 Å². The van der Waals surface area contributed by atoms with Crippen molar-refractivity contribution in [2.45, 2.75) is 32.7 Å². The molecule has 1 aromatic heterocycles. The Kier molecular flexibility index (Phi) is 3.88. The number of hydrogen-bond acceptors (Lipinski definition) is 2. The summed E-state index contributed by atoms with van der Waals surface area (Å²) in [6.45, 7) is 5.43. The molecule has 0 amide bonds. The van der Waals surface area contributed by atoms with E-state index < -0.39 is 0 Å². The second-order valence-corrected chi connectivity index (χ2v) is 2.97. The lowest BCUT2D eigenvalue weighted by Gasteiger charge is -2.13. The highest BCUT2D eigenvalue weighted by atomic mass is 16.3. The summed E-state index contributed by atoms with van der Waals surface area (Å²) in [5, 5.41) is 3.46. The largest absolute Gasteiger partial charge is 0.472 e. The lowest BCUT2D eigenvalue weighted by Crippen LogP contribution is -2.20. The van der Waals surface area contributed by atoms with Crippen LogP contribution in [-0.4, -0.2) is 6.54 Å². The predicted molar refractivity (Wildman–Crippen MR) is 50.0 cm³/mol. The van der Waals surface area contributed by atoms with E-state index in [2.05, 4.69) is 19.2 Å². The van der Waals surface area contributed by atoms with Crippen LogP contribution >= 0.6 is 0 Å². The smallest absolute Gasteiger partial charge is 0.0950 e. The summed E-state index contributed by atoms with van der Waals surface area (Å²) < 4.78 is 5.04. The van der Waals surface area contributed by atoms with Gasteiger partial charge in [0.15, 0.2) is 0 Å². The second kappa shape index (κ2) is 4.99. The van der Waals surface area contributed by atoms with Crippen LogP contribution < -0.4 is 5.32 Å². The molecule has 0 saturated carbocycles. The van der Waals surface area contributed by atoms with Gasteiger partial charge in [-0.15, -0.1) is 0 Å². The fourth-order valence-electron chi connectivity index (χ4n) is 1.29. The van der Waals surface area contributed by atoms with Gasteiger partial charge in [-0.2, -0.15) is 0 Å². The molecule has 0 aromatic carbocycles. The Morgan fingerprint density at radius 2 is 2.33 bits per heavy atom. The second-order valence-electron chi connectivity index (χ2n) is 2.97. The van der Waals surface area contributed by atoms with Gasteiger partial charge in [-0.1, -0.05) is 13.8 Å². The molecule has 12 heavy (non-hydrogen) atoms. The number of hydrogen-bond donors (Lipinski definition) is 1. The molecule has 1 atom stereocenters. The van der Waals surface area contributed by atoms with Gasteiger partial charge in [-0.05, 0) is 25.5 Å². The molecule has 0 spiro atoms. The molecular weight excluding hydrogens is 150 g/mol. The highest BCUT2D eigenvalue weighted by Gasteiger charge is 2.07. The molecule has 0 aliphatic rings. The standard InChI is InChI=1S/C10H17NO/c1-3-6-11-10(4-2)9-5-7-12-8-9/h5,7-8,10-11H,3-4,6H2,1-2H3. The minimum Gasteiger partial charge on any atom is -0.472 e. The highest BCUT2D eigenvalue weighted by Crippen LogP contribution is 2.16. The number of nitrogens with one attached hydrogen (secondary N) is 1. The fourth-order valence-corrected chi connectivity index (χ4v) is 1.29. The average Bonchev–Trinajstić information content (AvgIpc) is 2.59. The summed E-state index contributed by atoms with van der Waals surface area (Å²) in [5.41, 5.74) is 1.26.